The van der Waals surface area contributed by atoms with Gasteiger partial charge in [0.05, 0.1) is 10.5 Å². The Hall–Kier alpha value is -3.17. The van der Waals surface area contributed by atoms with Crippen LogP contribution >= 0.6 is 11.3 Å². The zero-order chi connectivity index (χ0) is 18.9. The first-order valence-corrected chi connectivity index (χ1v) is 10.3. The van der Waals surface area contributed by atoms with Gasteiger partial charge in [0.2, 0.25) is 0 Å². The van der Waals surface area contributed by atoms with Crippen molar-refractivity contribution in [3.8, 4) is 0 Å². The van der Waals surface area contributed by atoms with Gasteiger partial charge in [0.25, 0.3) is 15.9 Å². The molecular weight excluding hydrogens is 384 g/mol. The fraction of sp³-hybridized carbons (Fsp3) is 0. The van der Waals surface area contributed by atoms with Gasteiger partial charge in [0.15, 0.2) is 5.13 Å². The predicted molar refractivity (Wildman–Crippen MR) is 106 cm³/mol. The zero-order valence-electron chi connectivity index (χ0n) is 13.8. The smallest absolute Gasteiger partial charge is 0.263 e. The summed E-state index contributed by atoms with van der Waals surface area (Å²) in [6, 6.07) is 13.5. The molecule has 1 amide bonds. The van der Waals surface area contributed by atoms with Gasteiger partial charge in [-0.1, -0.05) is 18.2 Å². The third-order valence-corrected chi connectivity index (χ3v) is 6.08. The first kappa shape index (κ1) is 17.3. The van der Waals surface area contributed by atoms with E-state index in [1.807, 2.05) is 24.3 Å². The standard InChI is InChI=1S/C18H14N4O3S2/c23-17(15-11-20-16-4-2-1-3-14(15)16)21-12-5-7-13(8-6-12)27(24,25)22-18-19-9-10-26-18/h1-11,20H,(H,19,22)(H,21,23). The van der Waals surface area contributed by atoms with Crippen molar-refractivity contribution < 1.29 is 13.2 Å². The van der Waals surface area contributed by atoms with E-state index in [-0.39, 0.29) is 10.8 Å². The maximum Gasteiger partial charge on any atom is 0.263 e. The van der Waals surface area contributed by atoms with Gasteiger partial charge in [-0.05, 0) is 30.3 Å². The normalized spacial score (nSPS) is 11.4. The minimum Gasteiger partial charge on any atom is -0.360 e. The molecule has 0 bridgehead atoms. The summed E-state index contributed by atoms with van der Waals surface area (Å²) >= 11 is 1.19. The Bertz CT molecular complexity index is 1200. The molecule has 3 N–H and O–H groups in total. The molecule has 9 heteroatoms. The first-order chi connectivity index (χ1) is 13.0. The lowest BCUT2D eigenvalue weighted by Gasteiger charge is -2.08. The predicted octanol–water partition coefficient (Wildman–Crippen LogP) is 3.68. The van der Waals surface area contributed by atoms with Crippen LogP contribution in [0.4, 0.5) is 10.8 Å². The van der Waals surface area contributed by atoms with Crippen LogP contribution in [0.3, 0.4) is 0 Å². The molecule has 2 aromatic heterocycles. The van der Waals surface area contributed by atoms with Crippen molar-refractivity contribution in [1.82, 2.24) is 9.97 Å². The molecule has 0 aliphatic carbocycles. The average molecular weight is 398 g/mol. The quantitative estimate of drug-likeness (QED) is 0.477. The molecule has 4 aromatic rings. The van der Waals surface area contributed by atoms with Gasteiger partial charge in [0, 0.05) is 34.4 Å². The number of H-pyrrole nitrogens is 1. The highest BCUT2D eigenvalue weighted by molar-refractivity contribution is 7.93. The van der Waals surface area contributed by atoms with E-state index in [1.165, 1.54) is 29.7 Å². The summed E-state index contributed by atoms with van der Waals surface area (Å²) in [5, 5.41) is 5.58. The summed E-state index contributed by atoms with van der Waals surface area (Å²) in [6.07, 6.45) is 3.17. The third kappa shape index (κ3) is 3.55. The number of carbonyl (C=O) groups excluding carboxylic acids is 1. The Labute approximate surface area is 159 Å². The lowest BCUT2D eigenvalue weighted by atomic mass is 10.1. The second-order valence-corrected chi connectivity index (χ2v) is 8.25. The molecule has 0 saturated carbocycles. The van der Waals surface area contributed by atoms with Crippen LogP contribution in [-0.2, 0) is 10.0 Å². The maximum atomic E-state index is 12.5. The zero-order valence-corrected chi connectivity index (χ0v) is 15.5. The molecule has 4 rings (SSSR count). The van der Waals surface area contributed by atoms with E-state index in [2.05, 4.69) is 20.0 Å². The highest BCUT2D eigenvalue weighted by Gasteiger charge is 2.16. The van der Waals surface area contributed by atoms with Crippen molar-refractivity contribution in [3.63, 3.8) is 0 Å². The van der Waals surface area contributed by atoms with Gasteiger partial charge in [-0.25, -0.2) is 13.4 Å². The van der Waals surface area contributed by atoms with Crippen molar-refractivity contribution in [1.29, 1.82) is 0 Å². The van der Waals surface area contributed by atoms with Crippen molar-refractivity contribution in [2.45, 2.75) is 4.90 Å². The number of benzene rings is 2. The molecule has 0 radical (unpaired) electrons. The average Bonchev–Trinajstić information content (AvgIpc) is 3.31. The van der Waals surface area contributed by atoms with E-state index < -0.39 is 10.0 Å². The van der Waals surface area contributed by atoms with Gasteiger partial charge in [0.1, 0.15) is 0 Å². The topological polar surface area (TPSA) is 104 Å². The molecule has 0 aliphatic rings. The minimum atomic E-state index is -3.72. The van der Waals surface area contributed by atoms with E-state index >= 15 is 0 Å². The highest BCUT2D eigenvalue weighted by atomic mass is 32.2. The number of fused-ring (bicyclic) bond motifs is 1. The Morgan fingerprint density at radius 3 is 2.59 bits per heavy atom. The van der Waals surface area contributed by atoms with E-state index in [4.69, 9.17) is 0 Å². The van der Waals surface area contributed by atoms with E-state index in [9.17, 15) is 13.2 Å². The molecule has 0 spiro atoms. The second kappa shape index (κ2) is 6.86. The Balaban J connectivity index is 1.51. The number of hydrogen-bond donors (Lipinski definition) is 3. The first-order valence-electron chi connectivity index (χ1n) is 7.93. The number of carbonyl (C=O) groups is 1. The number of sulfonamides is 1. The number of thiazole rings is 1. The van der Waals surface area contributed by atoms with Crippen LogP contribution in [0.15, 0.2) is 71.2 Å². The van der Waals surface area contributed by atoms with Crippen LogP contribution in [-0.4, -0.2) is 24.3 Å². The summed E-state index contributed by atoms with van der Waals surface area (Å²) in [5.74, 6) is -0.274. The van der Waals surface area contributed by atoms with Gasteiger partial charge in [-0.2, -0.15) is 0 Å². The van der Waals surface area contributed by atoms with E-state index in [0.717, 1.165) is 10.9 Å². The Kier molecular flexibility index (Phi) is 4.38. The summed E-state index contributed by atoms with van der Waals surface area (Å²) < 4.78 is 27.1. The molecule has 0 atom stereocenters. The van der Waals surface area contributed by atoms with Gasteiger partial charge in [-0.15, -0.1) is 11.3 Å². The molecule has 2 heterocycles. The fourth-order valence-electron chi connectivity index (χ4n) is 2.62. The van der Waals surface area contributed by atoms with Crippen molar-refractivity contribution in [3.05, 3.63) is 71.9 Å². The number of anilines is 2. The molecule has 136 valence electrons. The van der Waals surface area contributed by atoms with E-state index in [0.29, 0.717) is 16.4 Å². The molecule has 0 fully saturated rings. The number of rotatable bonds is 5. The summed E-state index contributed by atoms with van der Waals surface area (Å²) in [4.78, 5) is 19.6. The minimum absolute atomic E-state index is 0.0859. The third-order valence-electron chi connectivity index (χ3n) is 3.91. The second-order valence-electron chi connectivity index (χ2n) is 5.67. The Morgan fingerprint density at radius 1 is 1.07 bits per heavy atom. The van der Waals surface area contributed by atoms with Gasteiger partial charge < -0.3 is 10.3 Å². The molecule has 0 aliphatic heterocycles. The van der Waals surface area contributed by atoms with E-state index in [1.54, 1.807) is 23.7 Å². The lowest BCUT2D eigenvalue weighted by molar-refractivity contribution is 0.102. The van der Waals surface area contributed by atoms with Crippen LogP contribution in [0, 0.1) is 0 Å². The maximum absolute atomic E-state index is 12.5. The van der Waals surface area contributed by atoms with Gasteiger partial charge in [-0.3, -0.25) is 9.52 Å². The lowest BCUT2D eigenvalue weighted by Crippen LogP contribution is -2.14. The van der Waals surface area contributed by atoms with Gasteiger partial charge >= 0.3 is 0 Å². The number of hydrogen-bond acceptors (Lipinski definition) is 5. The van der Waals surface area contributed by atoms with Crippen LogP contribution < -0.4 is 10.0 Å². The van der Waals surface area contributed by atoms with Crippen molar-refractivity contribution in [2.75, 3.05) is 10.0 Å². The highest BCUT2D eigenvalue weighted by Crippen LogP contribution is 2.22. The summed E-state index contributed by atoms with van der Waals surface area (Å²) in [6.45, 7) is 0. The number of aromatic amines is 1. The summed E-state index contributed by atoms with van der Waals surface area (Å²) in [7, 11) is -3.72. The molecule has 0 unspecified atom stereocenters. The molecule has 7 nitrogen and oxygen atoms in total. The molecule has 27 heavy (non-hydrogen) atoms. The Morgan fingerprint density at radius 2 is 1.85 bits per heavy atom. The number of para-hydroxylation sites is 1. The van der Waals surface area contributed by atoms with Crippen LogP contribution in [0.1, 0.15) is 10.4 Å². The van der Waals surface area contributed by atoms with Crippen LogP contribution in [0.2, 0.25) is 0 Å². The van der Waals surface area contributed by atoms with Crippen molar-refractivity contribution >= 4 is 49.0 Å². The number of aromatic nitrogens is 2. The number of nitrogens with one attached hydrogen (secondary N) is 3. The van der Waals surface area contributed by atoms with Crippen LogP contribution in [0.25, 0.3) is 10.9 Å². The monoisotopic (exact) mass is 398 g/mol. The summed E-state index contributed by atoms with van der Waals surface area (Å²) in [5.41, 5.74) is 1.89. The molecule has 2 aromatic carbocycles. The molecule has 0 saturated heterocycles. The van der Waals surface area contributed by atoms with Crippen LogP contribution in [0.5, 0.6) is 0 Å². The van der Waals surface area contributed by atoms with Crippen molar-refractivity contribution in [2.24, 2.45) is 0 Å². The number of amides is 1. The SMILES string of the molecule is O=C(Nc1ccc(S(=O)(=O)Nc2nccs2)cc1)c1c[nH]c2ccccc12. The fourth-order valence-corrected chi connectivity index (χ4v) is 4.41. The number of nitrogens with zero attached hydrogens (tertiary/aromatic N) is 1. The molecular formula is C18H14N4O3S2. The largest absolute Gasteiger partial charge is 0.360 e.